The van der Waals surface area contributed by atoms with Crippen LogP contribution in [-0.2, 0) is 0 Å². The molecule has 4 rings (SSSR count). The molecule has 6 nitrogen and oxygen atoms in total. The number of thiocarbonyl (C=S) groups is 1. The molecule has 0 aliphatic carbocycles. The van der Waals surface area contributed by atoms with Crippen LogP contribution in [0.25, 0.3) is 0 Å². The second-order valence-electron chi connectivity index (χ2n) is 6.48. The van der Waals surface area contributed by atoms with Crippen LogP contribution in [0.1, 0.15) is 29.3 Å². The molecule has 2 aromatic heterocycles. The molecule has 1 N–H and O–H groups in total. The number of furan rings is 1. The van der Waals surface area contributed by atoms with Gasteiger partial charge in [-0.15, -0.1) is 0 Å². The molecule has 1 fully saturated rings. The maximum atomic E-state index is 6.00. The molecule has 1 aliphatic heterocycles. The van der Waals surface area contributed by atoms with Gasteiger partial charge >= 0.3 is 0 Å². The highest BCUT2D eigenvalue weighted by Crippen LogP contribution is 2.45. The number of hydrogen-bond acceptors (Lipinski definition) is 5. The monoisotopic (exact) mass is 395 g/mol. The average Bonchev–Trinajstić information content (AvgIpc) is 3.30. The maximum absolute atomic E-state index is 6.00. The molecule has 0 saturated carbocycles. The first kappa shape index (κ1) is 18.3. The fourth-order valence-corrected chi connectivity index (χ4v) is 3.84. The third kappa shape index (κ3) is 3.18. The van der Waals surface area contributed by atoms with Gasteiger partial charge < -0.3 is 24.1 Å². The lowest BCUT2D eigenvalue weighted by molar-refractivity contribution is 0.391. The van der Waals surface area contributed by atoms with Gasteiger partial charge in [0.05, 0.1) is 31.6 Å². The third-order valence-corrected chi connectivity index (χ3v) is 5.11. The van der Waals surface area contributed by atoms with Crippen LogP contribution in [0.4, 0.5) is 5.69 Å². The van der Waals surface area contributed by atoms with E-state index in [0.29, 0.717) is 16.6 Å². The van der Waals surface area contributed by atoms with E-state index < -0.39 is 0 Å². The molecule has 1 aromatic carbocycles. The zero-order valence-electron chi connectivity index (χ0n) is 15.9. The number of nitrogens with one attached hydrogen (secondary N) is 1. The van der Waals surface area contributed by atoms with Crippen molar-refractivity contribution >= 4 is 23.0 Å². The molecule has 1 saturated heterocycles. The number of benzene rings is 1. The molecule has 3 heterocycles. The molecule has 0 amide bonds. The summed E-state index contributed by atoms with van der Waals surface area (Å²) in [6.07, 6.45) is 1.78. The highest BCUT2D eigenvalue weighted by Gasteiger charge is 2.43. The number of rotatable bonds is 5. The van der Waals surface area contributed by atoms with Gasteiger partial charge in [0.2, 0.25) is 0 Å². The van der Waals surface area contributed by atoms with E-state index >= 15 is 0 Å². The third-order valence-electron chi connectivity index (χ3n) is 4.80. The zero-order valence-corrected chi connectivity index (χ0v) is 16.7. The van der Waals surface area contributed by atoms with Crippen molar-refractivity contribution in [2.24, 2.45) is 0 Å². The molecular weight excluding hydrogens is 374 g/mol. The number of methoxy groups -OCH3 is 2. The van der Waals surface area contributed by atoms with Crippen molar-refractivity contribution in [3.63, 3.8) is 0 Å². The van der Waals surface area contributed by atoms with Gasteiger partial charge in [0.25, 0.3) is 0 Å². The van der Waals surface area contributed by atoms with E-state index in [-0.39, 0.29) is 12.1 Å². The summed E-state index contributed by atoms with van der Waals surface area (Å²) in [6.45, 7) is 1.93. The molecule has 0 bridgehead atoms. The fourth-order valence-electron chi connectivity index (χ4n) is 3.50. The number of ether oxygens (including phenoxy) is 2. The number of aryl methyl sites for hydroxylation is 1. The Labute approximate surface area is 169 Å². The van der Waals surface area contributed by atoms with Crippen molar-refractivity contribution in [3.05, 3.63) is 71.9 Å². The van der Waals surface area contributed by atoms with Crippen LogP contribution < -0.4 is 19.7 Å². The van der Waals surface area contributed by atoms with Crippen LogP contribution in [-0.4, -0.2) is 24.3 Å². The molecule has 2 atom stereocenters. The van der Waals surface area contributed by atoms with E-state index in [1.807, 2.05) is 60.4 Å². The Morgan fingerprint density at radius 1 is 1.11 bits per heavy atom. The SMILES string of the molecule is COc1ccc(N2C(=S)N[C@@H](c3ccccn3)[C@@H]2c2ccc(C)o2)c(OC)c1. The van der Waals surface area contributed by atoms with Gasteiger partial charge in [0.15, 0.2) is 5.11 Å². The van der Waals surface area contributed by atoms with E-state index in [1.165, 1.54) is 0 Å². The first-order chi connectivity index (χ1) is 13.6. The summed E-state index contributed by atoms with van der Waals surface area (Å²) in [5, 5.41) is 3.99. The highest BCUT2D eigenvalue weighted by molar-refractivity contribution is 7.80. The summed E-state index contributed by atoms with van der Waals surface area (Å²) in [5.41, 5.74) is 1.72. The second-order valence-corrected chi connectivity index (χ2v) is 6.87. The van der Waals surface area contributed by atoms with Crippen LogP contribution in [0.2, 0.25) is 0 Å². The molecule has 0 unspecified atom stereocenters. The molecule has 1 aliphatic rings. The van der Waals surface area contributed by atoms with Gasteiger partial charge in [-0.3, -0.25) is 4.98 Å². The van der Waals surface area contributed by atoms with Gasteiger partial charge in [-0.25, -0.2) is 0 Å². The number of anilines is 1. The van der Waals surface area contributed by atoms with E-state index in [0.717, 1.165) is 22.9 Å². The topological polar surface area (TPSA) is 59.8 Å². The van der Waals surface area contributed by atoms with Crippen molar-refractivity contribution in [2.45, 2.75) is 19.0 Å². The van der Waals surface area contributed by atoms with Crippen molar-refractivity contribution in [2.75, 3.05) is 19.1 Å². The molecule has 28 heavy (non-hydrogen) atoms. The zero-order chi connectivity index (χ0) is 19.7. The quantitative estimate of drug-likeness (QED) is 0.651. The Kier molecular flexibility index (Phi) is 4.92. The minimum Gasteiger partial charge on any atom is -0.497 e. The van der Waals surface area contributed by atoms with E-state index in [2.05, 4.69) is 10.3 Å². The molecule has 144 valence electrons. The Morgan fingerprint density at radius 3 is 2.61 bits per heavy atom. The van der Waals surface area contributed by atoms with E-state index in [1.54, 1.807) is 20.4 Å². The standard InChI is InChI=1S/C21H21N3O3S/c1-13-7-10-17(27-13)20-19(15-6-4-5-11-22-15)23-21(28)24(20)16-9-8-14(25-2)12-18(16)26-3/h4-12,19-20H,1-3H3,(H,23,28)/t19-,20-/m0/s1. The van der Waals surface area contributed by atoms with Crippen LogP contribution in [0.15, 0.2) is 59.1 Å². The summed E-state index contributed by atoms with van der Waals surface area (Å²) < 4.78 is 17.0. The van der Waals surface area contributed by atoms with Gasteiger partial charge in [-0.05, 0) is 55.5 Å². The lowest BCUT2D eigenvalue weighted by Crippen LogP contribution is -2.29. The van der Waals surface area contributed by atoms with Gasteiger partial charge in [-0.1, -0.05) is 6.07 Å². The normalized spacial score (nSPS) is 18.8. The predicted octanol–water partition coefficient (Wildman–Crippen LogP) is 4.18. The maximum Gasteiger partial charge on any atom is 0.174 e. The average molecular weight is 395 g/mol. The summed E-state index contributed by atoms with van der Waals surface area (Å²) in [6, 6.07) is 15.1. The number of pyridine rings is 1. The van der Waals surface area contributed by atoms with Gasteiger partial charge in [-0.2, -0.15) is 0 Å². The van der Waals surface area contributed by atoms with Crippen molar-refractivity contribution in [1.82, 2.24) is 10.3 Å². The van der Waals surface area contributed by atoms with Crippen molar-refractivity contribution < 1.29 is 13.9 Å². The Balaban J connectivity index is 1.84. The van der Waals surface area contributed by atoms with E-state index in [4.69, 9.17) is 26.1 Å². The number of nitrogens with zero attached hydrogens (tertiary/aromatic N) is 2. The Hall–Kier alpha value is -3.06. The summed E-state index contributed by atoms with van der Waals surface area (Å²) in [5.74, 6) is 3.02. The van der Waals surface area contributed by atoms with Crippen LogP contribution >= 0.6 is 12.2 Å². The first-order valence-corrected chi connectivity index (χ1v) is 9.32. The number of aromatic nitrogens is 1. The van der Waals surface area contributed by atoms with Gasteiger partial charge in [0, 0.05) is 12.3 Å². The molecule has 7 heteroatoms. The summed E-state index contributed by atoms with van der Waals surface area (Å²) >= 11 is 5.71. The van der Waals surface area contributed by atoms with Crippen molar-refractivity contribution in [3.8, 4) is 11.5 Å². The fraction of sp³-hybridized carbons (Fsp3) is 0.238. The van der Waals surface area contributed by atoms with Gasteiger partial charge in [0.1, 0.15) is 29.1 Å². The molecular formula is C21H21N3O3S. The van der Waals surface area contributed by atoms with Crippen LogP contribution in [0.3, 0.4) is 0 Å². The highest BCUT2D eigenvalue weighted by atomic mass is 32.1. The van der Waals surface area contributed by atoms with Crippen LogP contribution in [0.5, 0.6) is 11.5 Å². The second kappa shape index (κ2) is 7.52. The molecule has 0 radical (unpaired) electrons. The Bertz CT molecular complexity index is 990. The van der Waals surface area contributed by atoms with Crippen molar-refractivity contribution in [1.29, 1.82) is 0 Å². The minimum absolute atomic E-state index is 0.161. The number of hydrogen-bond donors (Lipinski definition) is 1. The lowest BCUT2D eigenvalue weighted by atomic mass is 10.0. The molecule has 3 aromatic rings. The summed E-state index contributed by atoms with van der Waals surface area (Å²) in [7, 11) is 3.26. The Morgan fingerprint density at radius 2 is 1.96 bits per heavy atom. The largest absolute Gasteiger partial charge is 0.497 e. The predicted molar refractivity (Wildman–Crippen MR) is 111 cm³/mol. The molecule has 0 spiro atoms. The van der Waals surface area contributed by atoms with Crippen LogP contribution in [0, 0.1) is 6.92 Å². The summed E-state index contributed by atoms with van der Waals surface area (Å²) in [4.78, 5) is 6.55. The van der Waals surface area contributed by atoms with E-state index in [9.17, 15) is 0 Å². The lowest BCUT2D eigenvalue weighted by Gasteiger charge is -2.27. The minimum atomic E-state index is -0.210. The first-order valence-electron chi connectivity index (χ1n) is 8.91. The smallest absolute Gasteiger partial charge is 0.174 e.